The number of carboxylic acid groups (broad SMARTS) is 1. The standard InChI is InChI=1S/C11H12ClIN2O3/c1-6(2)15(14-11(17)18)10(16)8-4-3-7(12)5-9(8)13/h3-6,14H,1-2H3,(H,17,18). The quantitative estimate of drug-likeness (QED) is 0.610. The number of hydrogen-bond donors (Lipinski definition) is 2. The van der Waals surface area contributed by atoms with Gasteiger partial charge in [0.1, 0.15) is 0 Å². The minimum Gasteiger partial charge on any atom is -0.464 e. The molecule has 1 aromatic carbocycles. The Morgan fingerprint density at radius 1 is 1.44 bits per heavy atom. The summed E-state index contributed by atoms with van der Waals surface area (Å²) in [5.41, 5.74) is 2.49. The van der Waals surface area contributed by atoms with Crippen molar-refractivity contribution in [2.24, 2.45) is 0 Å². The zero-order valence-electron chi connectivity index (χ0n) is 9.78. The lowest BCUT2D eigenvalue weighted by atomic mass is 10.2. The van der Waals surface area contributed by atoms with Crippen molar-refractivity contribution < 1.29 is 14.7 Å². The van der Waals surface area contributed by atoms with Crippen LogP contribution in [0.15, 0.2) is 18.2 Å². The summed E-state index contributed by atoms with van der Waals surface area (Å²) in [6.45, 7) is 3.44. The molecule has 0 spiro atoms. The van der Waals surface area contributed by atoms with Gasteiger partial charge in [0.2, 0.25) is 0 Å². The number of nitrogens with zero attached hydrogens (tertiary/aromatic N) is 1. The maximum Gasteiger partial charge on any atom is 0.423 e. The second-order valence-electron chi connectivity index (χ2n) is 3.81. The van der Waals surface area contributed by atoms with E-state index in [0.29, 0.717) is 14.2 Å². The number of rotatable bonds is 2. The van der Waals surface area contributed by atoms with E-state index in [0.717, 1.165) is 5.01 Å². The van der Waals surface area contributed by atoms with Crippen molar-refractivity contribution in [3.63, 3.8) is 0 Å². The van der Waals surface area contributed by atoms with E-state index in [1.165, 1.54) is 0 Å². The Morgan fingerprint density at radius 3 is 2.50 bits per heavy atom. The first-order chi connectivity index (χ1) is 8.32. The molecule has 2 N–H and O–H groups in total. The average Bonchev–Trinajstić information content (AvgIpc) is 2.24. The van der Waals surface area contributed by atoms with Gasteiger partial charge in [0.05, 0.1) is 5.56 Å². The van der Waals surface area contributed by atoms with E-state index in [9.17, 15) is 9.59 Å². The van der Waals surface area contributed by atoms with Crippen LogP contribution in [0, 0.1) is 3.57 Å². The third-order valence-electron chi connectivity index (χ3n) is 2.11. The molecule has 0 saturated carbocycles. The summed E-state index contributed by atoms with van der Waals surface area (Å²) in [7, 11) is 0. The first-order valence-corrected chi connectivity index (χ1v) is 6.56. The highest BCUT2D eigenvalue weighted by atomic mass is 127. The van der Waals surface area contributed by atoms with Crippen molar-refractivity contribution in [3.05, 3.63) is 32.4 Å². The van der Waals surface area contributed by atoms with Crippen LogP contribution in [0.25, 0.3) is 0 Å². The third-order valence-corrected chi connectivity index (χ3v) is 3.24. The summed E-state index contributed by atoms with van der Waals surface area (Å²) in [5, 5.41) is 10.3. The molecule has 7 heteroatoms. The molecule has 2 amide bonds. The number of nitrogens with one attached hydrogen (secondary N) is 1. The Labute approximate surface area is 123 Å². The highest BCUT2D eigenvalue weighted by Gasteiger charge is 2.22. The maximum absolute atomic E-state index is 12.2. The van der Waals surface area contributed by atoms with Crippen LogP contribution < -0.4 is 5.43 Å². The van der Waals surface area contributed by atoms with E-state index in [1.807, 2.05) is 22.6 Å². The molecule has 0 radical (unpaired) electrons. The smallest absolute Gasteiger partial charge is 0.423 e. The van der Waals surface area contributed by atoms with E-state index in [2.05, 4.69) is 5.43 Å². The number of hydrazine groups is 1. The minimum absolute atomic E-state index is 0.292. The molecule has 5 nitrogen and oxygen atoms in total. The predicted octanol–water partition coefficient (Wildman–Crippen LogP) is 2.98. The van der Waals surface area contributed by atoms with Gasteiger partial charge in [-0.1, -0.05) is 11.6 Å². The van der Waals surface area contributed by atoms with Crippen LogP contribution in [-0.2, 0) is 0 Å². The molecule has 18 heavy (non-hydrogen) atoms. The van der Waals surface area contributed by atoms with Crippen LogP contribution in [0.3, 0.4) is 0 Å². The second kappa shape index (κ2) is 6.24. The van der Waals surface area contributed by atoms with Gasteiger partial charge in [0.15, 0.2) is 0 Å². The number of halogens is 2. The molecule has 0 aliphatic carbocycles. The highest BCUT2D eigenvalue weighted by Crippen LogP contribution is 2.19. The highest BCUT2D eigenvalue weighted by molar-refractivity contribution is 14.1. The van der Waals surface area contributed by atoms with Crippen molar-refractivity contribution >= 4 is 46.2 Å². The van der Waals surface area contributed by atoms with Crippen molar-refractivity contribution in [2.45, 2.75) is 19.9 Å². The number of carbonyl (C=O) groups excluding carboxylic acids is 1. The Hall–Kier alpha value is -1.02. The Morgan fingerprint density at radius 2 is 2.06 bits per heavy atom. The topological polar surface area (TPSA) is 69.6 Å². The zero-order valence-corrected chi connectivity index (χ0v) is 12.7. The van der Waals surface area contributed by atoms with Gasteiger partial charge >= 0.3 is 6.09 Å². The lowest BCUT2D eigenvalue weighted by Crippen LogP contribution is -2.49. The average molecular weight is 383 g/mol. The maximum atomic E-state index is 12.2. The van der Waals surface area contributed by atoms with Crippen molar-refractivity contribution in [3.8, 4) is 0 Å². The first-order valence-electron chi connectivity index (χ1n) is 5.11. The predicted molar refractivity (Wildman–Crippen MR) is 76.6 cm³/mol. The minimum atomic E-state index is -1.28. The Balaban J connectivity index is 3.05. The van der Waals surface area contributed by atoms with Gasteiger partial charge in [0, 0.05) is 14.6 Å². The zero-order chi connectivity index (χ0) is 13.9. The van der Waals surface area contributed by atoms with Gasteiger partial charge in [-0.15, -0.1) is 0 Å². The number of amides is 2. The molecule has 1 aromatic rings. The van der Waals surface area contributed by atoms with Crippen molar-refractivity contribution in [1.82, 2.24) is 10.4 Å². The van der Waals surface area contributed by atoms with Crippen LogP contribution in [0.2, 0.25) is 5.02 Å². The number of hydrogen-bond acceptors (Lipinski definition) is 2. The summed E-state index contributed by atoms with van der Waals surface area (Å²) in [6, 6.07) is 4.52. The summed E-state index contributed by atoms with van der Waals surface area (Å²) in [4.78, 5) is 22.9. The molecule has 0 aliphatic rings. The molecule has 0 heterocycles. The molecule has 0 aromatic heterocycles. The van der Waals surface area contributed by atoms with E-state index in [1.54, 1.807) is 32.0 Å². The Bertz CT molecular complexity index is 479. The van der Waals surface area contributed by atoms with Crippen molar-refractivity contribution in [1.29, 1.82) is 0 Å². The number of carbonyl (C=O) groups is 2. The normalized spacial score (nSPS) is 10.3. The summed E-state index contributed by atoms with van der Waals surface area (Å²) in [5.74, 6) is -0.409. The fourth-order valence-electron chi connectivity index (χ4n) is 1.31. The monoisotopic (exact) mass is 382 g/mol. The van der Waals surface area contributed by atoms with E-state index in [4.69, 9.17) is 16.7 Å². The van der Waals surface area contributed by atoms with Gasteiger partial charge in [-0.3, -0.25) is 4.79 Å². The fraction of sp³-hybridized carbons (Fsp3) is 0.273. The molecule has 0 saturated heterocycles. The van der Waals surface area contributed by atoms with Gasteiger partial charge < -0.3 is 5.11 Å². The molecule has 0 aliphatic heterocycles. The van der Waals surface area contributed by atoms with Crippen LogP contribution in [0.5, 0.6) is 0 Å². The summed E-state index contributed by atoms with van der Waals surface area (Å²) >= 11 is 7.79. The van der Waals surface area contributed by atoms with Gasteiger partial charge in [-0.2, -0.15) is 0 Å². The Kier molecular flexibility index (Phi) is 5.21. The lowest BCUT2D eigenvalue weighted by molar-refractivity contribution is 0.0574. The molecule has 0 atom stereocenters. The lowest BCUT2D eigenvalue weighted by Gasteiger charge is -2.26. The van der Waals surface area contributed by atoms with E-state index in [-0.39, 0.29) is 6.04 Å². The molecule has 0 bridgehead atoms. The van der Waals surface area contributed by atoms with Crippen molar-refractivity contribution in [2.75, 3.05) is 0 Å². The number of benzene rings is 1. The summed E-state index contributed by atoms with van der Waals surface area (Å²) < 4.78 is 0.669. The van der Waals surface area contributed by atoms with Gasteiger partial charge in [0.25, 0.3) is 5.91 Å². The fourth-order valence-corrected chi connectivity index (χ4v) is 2.41. The van der Waals surface area contributed by atoms with Gasteiger partial charge in [-0.05, 0) is 54.6 Å². The van der Waals surface area contributed by atoms with Crippen LogP contribution >= 0.6 is 34.2 Å². The third kappa shape index (κ3) is 3.74. The van der Waals surface area contributed by atoms with Crippen LogP contribution in [0.4, 0.5) is 4.79 Å². The summed E-state index contributed by atoms with van der Waals surface area (Å²) in [6.07, 6.45) is -1.28. The molecular weight excluding hydrogens is 370 g/mol. The largest absolute Gasteiger partial charge is 0.464 e. The molecule has 1 rings (SSSR count). The molecule has 0 fully saturated rings. The van der Waals surface area contributed by atoms with Gasteiger partial charge in [-0.25, -0.2) is 15.2 Å². The van der Waals surface area contributed by atoms with E-state index < -0.39 is 12.0 Å². The molecule has 0 unspecified atom stereocenters. The molecular formula is C11H12ClIN2O3. The van der Waals surface area contributed by atoms with E-state index >= 15 is 0 Å². The molecule has 98 valence electrons. The SMILES string of the molecule is CC(C)N(NC(=O)O)C(=O)c1ccc(Cl)cc1I. The van der Waals surface area contributed by atoms with Crippen LogP contribution in [-0.4, -0.2) is 28.2 Å². The second-order valence-corrected chi connectivity index (χ2v) is 5.41. The first kappa shape index (κ1) is 15.0. The van der Waals surface area contributed by atoms with Crippen LogP contribution in [0.1, 0.15) is 24.2 Å².